The molecule has 6 nitrogen and oxygen atoms in total. The Hall–Kier alpha value is -1.13. The van der Waals surface area contributed by atoms with Crippen LogP contribution in [0.15, 0.2) is 44.9 Å². The number of aliphatic hydroxyl groups is 1. The number of thioether (sulfide) groups is 1. The molecule has 9 heteroatoms. The maximum absolute atomic E-state index is 11.7. The van der Waals surface area contributed by atoms with Crippen molar-refractivity contribution >= 4 is 54.9 Å². The molecule has 0 amide bonds. The van der Waals surface area contributed by atoms with E-state index in [1.165, 1.54) is 11.8 Å². The van der Waals surface area contributed by atoms with Gasteiger partial charge in [-0.3, -0.25) is 5.14 Å². The lowest BCUT2D eigenvalue weighted by molar-refractivity contribution is 0.220. The number of anilines is 2. The summed E-state index contributed by atoms with van der Waals surface area (Å²) in [5, 5.41) is 18.7. The summed E-state index contributed by atoms with van der Waals surface area (Å²) in [4.78, 5) is 9.07. The first kappa shape index (κ1) is 18.2. The molecule has 0 aliphatic carbocycles. The molecule has 2 rings (SSSR count). The second kappa shape index (κ2) is 7.63. The van der Waals surface area contributed by atoms with Crippen LogP contribution < -0.4 is 10.5 Å². The lowest BCUT2D eigenvalue weighted by atomic mass is 10.3. The van der Waals surface area contributed by atoms with Crippen molar-refractivity contribution in [3.8, 4) is 0 Å². The van der Waals surface area contributed by atoms with Gasteiger partial charge in [-0.25, -0.2) is 14.2 Å². The fourth-order valence-electron chi connectivity index (χ4n) is 1.61. The number of hydrogen-bond donors (Lipinski definition) is 3. The van der Waals surface area contributed by atoms with E-state index in [0.717, 1.165) is 15.2 Å². The van der Waals surface area contributed by atoms with Gasteiger partial charge in [0, 0.05) is 22.5 Å². The Morgan fingerprint density at radius 2 is 2.13 bits per heavy atom. The largest absolute Gasteiger partial charge is 0.393 e. The van der Waals surface area contributed by atoms with Crippen LogP contribution in [0.5, 0.6) is 0 Å². The van der Waals surface area contributed by atoms with Crippen LogP contribution in [0.3, 0.4) is 0 Å². The van der Waals surface area contributed by atoms with Crippen molar-refractivity contribution in [1.29, 1.82) is 0 Å². The fourth-order valence-corrected chi connectivity index (χ4v) is 3.48. The van der Waals surface area contributed by atoms with Crippen molar-refractivity contribution < 1.29 is 9.32 Å². The molecule has 1 aromatic heterocycles. The van der Waals surface area contributed by atoms with E-state index in [-0.39, 0.29) is 0 Å². The van der Waals surface area contributed by atoms with Gasteiger partial charge in [-0.2, -0.15) is 0 Å². The van der Waals surface area contributed by atoms with E-state index < -0.39 is 15.8 Å². The van der Waals surface area contributed by atoms with Gasteiger partial charge in [0.1, 0.15) is 5.03 Å². The third-order valence-corrected chi connectivity index (χ3v) is 5.83. The summed E-state index contributed by atoms with van der Waals surface area (Å²) in [6.07, 6.45) is 1.23. The maximum Gasteiger partial charge on any atom is 0.228 e. The van der Waals surface area contributed by atoms with Gasteiger partial charge in [0.05, 0.1) is 20.3 Å². The highest BCUT2D eigenvalue weighted by molar-refractivity contribution is 9.10. The molecule has 1 heterocycles. The van der Waals surface area contributed by atoms with E-state index in [1.54, 1.807) is 37.4 Å². The number of rotatable bonds is 6. The number of nitrogens with one attached hydrogen (secondary N) is 1. The van der Waals surface area contributed by atoms with Gasteiger partial charge >= 0.3 is 0 Å². The van der Waals surface area contributed by atoms with E-state index >= 15 is 0 Å². The Bertz CT molecular complexity index is 780. The Morgan fingerprint density at radius 1 is 1.48 bits per heavy atom. The van der Waals surface area contributed by atoms with Gasteiger partial charge in [-0.1, -0.05) is 0 Å². The fraction of sp³-hybridized carbons (Fsp3) is 0.214. The highest BCUT2D eigenvalue weighted by atomic mass is 79.9. The summed E-state index contributed by atoms with van der Waals surface area (Å²) in [7, 11) is -2.71. The Labute approximate surface area is 148 Å². The minimum atomic E-state index is -2.71. The van der Waals surface area contributed by atoms with Gasteiger partial charge < -0.3 is 10.4 Å². The Morgan fingerprint density at radius 3 is 2.70 bits per heavy atom. The third kappa shape index (κ3) is 5.47. The molecule has 124 valence electrons. The highest BCUT2D eigenvalue weighted by Crippen LogP contribution is 2.27. The average molecular weight is 417 g/mol. The summed E-state index contributed by atoms with van der Waals surface area (Å²) in [5.41, 5.74) is 0.742. The Kier molecular flexibility index (Phi) is 6.04. The highest BCUT2D eigenvalue weighted by Gasteiger charge is 2.08. The molecule has 0 fully saturated rings. The van der Waals surface area contributed by atoms with Crippen LogP contribution >= 0.6 is 27.7 Å². The zero-order valence-electron chi connectivity index (χ0n) is 12.4. The summed E-state index contributed by atoms with van der Waals surface area (Å²) in [6, 6.07) is 6.78. The third-order valence-electron chi connectivity index (χ3n) is 2.68. The van der Waals surface area contributed by atoms with E-state index in [0.29, 0.717) is 16.6 Å². The SMILES string of the molecule is C=S(N)(=O)c1ccc(Nc2ncc(Br)c(SCC(C)O)n2)cc1. The van der Waals surface area contributed by atoms with Crippen LogP contribution in [0, 0.1) is 0 Å². The van der Waals surface area contributed by atoms with E-state index in [4.69, 9.17) is 5.14 Å². The molecule has 0 bridgehead atoms. The van der Waals surface area contributed by atoms with Gasteiger partial charge in [-0.15, -0.1) is 11.8 Å². The maximum atomic E-state index is 11.7. The molecule has 0 saturated carbocycles. The van der Waals surface area contributed by atoms with Crippen LogP contribution in [-0.2, 0) is 9.71 Å². The molecule has 0 radical (unpaired) electrons. The minimum Gasteiger partial charge on any atom is -0.393 e. The number of halogens is 1. The normalized spacial score (nSPS) is 15.0. The van der Waals surface area contributed by atoms with Crippen molar-refractivity contribution in [2.45, 2.75) is 22.9 Å². The Balaban J connectivity index is 2.15. The number of hydrogen-bond acceptors (Lipinski definition) is 6. The molecule has 4 N–H and O–H groups in total. The number of benzene rings is 1. The zero-order valence-corrected chi connectivity index (χ0v) is 15.6. The average Bonchev–Trinajstić information content (AvgIpc) is 2.47. The van der Waals surface area contributed by atoms with Gasteiger partial charge in [0.2, 0.25) is 5.95 Å². The van der Waals surface area contributed by atoms with Crippen LogP contribution in [0.1, 0.15) is 6.92 Å². The molecule has 23 heavy (non-hydrogen) atoms. The first-order chi connectivity index (χ1) is 10.8. The van der Waals surface area contributed by atoms with Crippen LogP contribution in [0.4, 0.5) is 11.6 Å². The zero-order chi connectivity index (χ0) is 17.0. The standard InChI is InChI=1S/C14H17BrN4O2S2/c1-9(20)8-22-13-12(15)7-17-14(19-13)18-10-3-5-11(6-4-10)23(2,16)21/h3-7,9,20H,2,8H2,1H3,(H2,16,21)(H,17,18,19). The van der Waals surface area contributed by atoms with Gasteiger partial charge in [-0.05, 0) is 53.0 Å². The second-order valence-electron chi connectivity index (χ2n) is 4.88. The molecular formula is C14H17BrN4O2S2. The monoisotopic (exact) mass is 416 g/mol. The molecule has 0 aliphatic rings. The lowest BCUT2D eigenvalue weighted by Gasteiger charge is -2.09. The quantitative estimate of drug-likeness (QED) is 0.379. The van der Waals surface area contributed by atoms with Crippen LogP contribution in [-0.4, -0.2) is 37.0 Å². The van der Waals surface area contributed by atoms with Crippen LogP contribution in [0.2, 0.25) is 0 Å². The number of aliphatic hydroxyl groups excluding tert-OH is 1. The van der Waals surface area contributed by atoms with Crippen molar-refractivity contribution in [2.75, 3.05) is 11.1 Å². The first-order valence-corrected chi connectivity index (χ1v) is 10.2. The molecule has 2 unspecified atom stereocenters. The van der Waals surface area contributed by atoms with Crippen LogP contribution in [0.25, 0.3) is 0 Å². The first-order valence-electron chi connectivity index (χ1n) is 6.61. The summed E-state index contributed by atoms with van der Waals surface area (Å²) < 4.78 is 12.4. The molecule has 2 atom stereocenters. The van der Waals surface area contributed by atoms with E-state index in [1.807, 2.05) is 0 Å². The molecule has 2 aromatic rings. The number of nitrogens with two attached hydrogens (primary N) is 1. The molecule has 0 aliphatic heterocycles. The van der Waals surface area contributed by atoms with E-state index in [9.17, 15) is 9.32 Å². The molecule has 0 spiro atoms. The van der Waals surface area contributed by atoms with Gasteiger partial charge in [0.15, 0.2) is 0 Å². The van der Waals surface area contributed by atoms with Crippen molar-refractivity contribution in [2.24, 2.45) is 5.14 Å². The number of aromatic nitrogens is 2. The number of nitrogens with zero attached hydrogens (tertiary/aromatic N) is 2. The predicted molar refractivity (Wildman–Crippen MR) is 99.6 cm³/mol. The molecule has 0 saturated heterocycles. The lowest BCUT2D eigenvalue weighted by Crippen LogP contribution is -2.11. The van der Waals surface area contributed by atoms with E-state index in [2.05, 4.69) is 37.1 Å². The van der Waals surface area contributed by atoms with Gasteiger partial charge in [0.25, 0.3) is 0 Å². The summed E-state index contributed by atoms with van der Waals surface area (Å²) in [5.74, 6) is 4.41. The summed E-state index contributed by atoms with van der Waals surface area (Å²) in [6.45, 7) is 1.72. The predicted octanol–water partition coefficient (Wildman–Crippen LogP) is 2.40. The molecule has 1 aromatic carbocycles. The minimum absolute atomic E-state index is 0.417. The smallest absolute Gasteiger partial charge is 0.228 e. The summed E-state index contributed by atoms with van der Waals surface area (Å²) >= 11 is 4.82. The second-order valence-corrected chi connectivity index (χ2v) is 8.67. The molecular weight excluding hydrogens is 400 g/mol. The van der Waals surface area contributed by atoms with Crippen molar-refractivity contribution in [3.63, 3.8) is 0 Å². The van der Waals surface area contributed by atoms with Crippen molar-refractivity contribution in [1.82, 2.24) is 9.97 Å². The van der Waals surface area contributed by atoms with Crippen molar-refractivity contribution in [3.05, 3.63) is 34.9 Å². The topological polar surface area (TPSA) is 101 Å².